The molecule has 0 saturated carbocycles. The minimum absolute atomic E-state index is 0.689. The van der Waals surface area contributed by atoms with Gasteiger partial charge in [0.2, 0.25) is 0 Å². The van der Waals surface area contributed by atoms with Crippen LogP contribution in [0.4, 0.5) is 0 Å². The fraction of sp³-hybridized carbons (Fsp3) is 0.417. The molecule has 86 valence electrons. The number of hydrogen-bond donors (Lipinski definition) is 0. The maximum Gasteiger partial charge on any atom is 0.195 e. The van der Waals surface area contributed by atoms with E-state index in [0.29, 0.717) is 5.88 Å². The number of alkyl halides is 1. The van der Waals surface area contributed by atoms with E-state index in [1.807, 2.05) is 18.2 Å². The Bertz CT molecular complexity index is 467. The first-order valence-electron chi connectivity index (χ1n) is 5.33. The van der Waals surface area contributed by atoms with E-state index in [-0.39, 0.29) is 0 Å². The molecule has 0 atom stereocenters. The van der Waals surface area contributed by atoms with Gasteiger partial charge in [0.25, 0.3) is 0 Å². The number of aromatic nitrogens is 1. The lowest BCUT2D eigenvalue weighted by Crippen LogP contribution is -1.85. The average molecular weight is 240 g/mol. The molecular formula is C12H14ClNO2. The smallest absolute Gasteiger partial charge is 0.195 e. The van der Waals surface area contributed by atoms with E-state index in [1.54, 1.807) is 7.11 Å². The van der Waals surface area contributed by atoms with Gasteiger partial charge in [-0.2, -0.15) is 0 Å². The summed E-state index contributed by atoms with van der Waals surface area (Å²) >= 11 is 5.62. The molecule has 0 fully saturated rings. The second-order valence-electron chi connectivity index (χ2n) is 3.59. The molecule has 0 spiro atoms. The quantitative estimate of drug-likeness (QED) is 0.593. The molecule has 0 radical (unpaired) electrons. The normalized spacial score (nSPS) is 10.9. The Hall–Kier alpha value is -1.22. The van der Waals surface area contributed by atoms with Crippen LogP contribution in [0.1, 0.15) is 18.7 Å². The van der Waals surface area contributed by atoms with Gasteiger partial charge in [-0.05, 0) is 25.0 Å². The van der Waals surface area contributed by atoms with E-state index < -0.39 is 0 Å². The van der Waals surface area contributed by atoms with E-state index in [1.165, 1.54) is 0 Å². The van der Waals surface area contributed by atoms with Crippen molar-refractivity contribution in [3.05, 3.63) is 24.1 Å². The first-order valence-corrected chi connectivity index (χ1v) is 5.86. The van der Waals surface area contributed by atoms with Crippen LogP contribution in [0, 0.1) is 0 Å². The molecule has 0 N–H and O–H groups in total. The van der Waals surface area contributed by atoms with E-state index in [4.69, 9.17) is 20.8 Å². The molecule has 0 bridgehead atoms. The summed E-state index contributed by atoms with van der Waals surface area (Å²) < 4.78 is 10.7. The van der Waals surface area contributed by atoms with Gasteiger partial charge in [0, 0.05) is 18.4 Å². The third kappa shape index (κ3) is 2.47. The van der Waals surface area contributed by atoms with Crippen molar-refractivity contribution in [2.45, 2.75) is 19.3 Å². The molecule has 0 aliphatic rings. The summed E-state index contributed by atoms with van der Waals surface area (Å²) in [5.74, 6) is 2.26. The lowest BCUT2D eigenvalue weighted by atomic mass is 10.2. The Balaban J connectivity index is 2.16. The van der Waals surface area contributed by atoms with E-state index >= 15 is 0 Å². The van der Waals surface area contributed by atoms with Crippen LogP contribution in [0.15, 0.2) is 22.6 Å². The lowest BCUT2D eigenvalue weighted by molar-refractivity contribution is 0.415. The molecular weight excluding hydrogens is 226 g/mol. The first-order chi connectivity index (χ1) is 7.83. The summed E-state index contributed by atoms with van der Waals surface area (Å²) in [4.78, 5) is 4.40. The zero-order valence-corrected chi connectivity index (χ0v) is 9.96. The second-order valence-corrected chi connectivity index (χ2v) is 3.97. The molecule has 4 heteroatoms. The summed E-state index contributed by atoms with van der Waals surface area (Å²) in [7, 11) is 1.64. The standard InChI is InChI=1S/C12H14ClNO2/c1-15-9-5-6-11-10(8-9)14-12(16-11)4-2-3-7-13/h5-6,8H,2-4,7H2,1H3. The number of aryl methyl sites for hydroxylation is 1. The van der Waals surface area contributed by atoms with Gasteiger partial charge in [-0.25, -0.2) is 4.98 Å². The highest BCUT2D eigenvalue weighted by Crippen LogP contribution is 2.21. The number of unbranched alkanes of at least 4 members (excludes halogenated alkanes) is 1. The SMILES string of the molecule is COc1ccc2oc(CCCCCl)nc2c1. The Kier molecular flexibility index (Phi) is 3.67. The largest absolute Gasteiger partial charge is 0.497 e. The number of halogens is 1. The van der Waals surface area contributed by atoms with Crippen LogP contribution < -0.4 is 4.74 Å². The number of hydrogen-bond acceptors (Lipinski definition) is 3. The monoisotopic (exact) mass is 239 g/mol. The Morgan fingerprint density at radius 1 is 1.38 bits per heavy atom. The van der Waals surface area contributed by atoms with Gasteiger partial charge in [-0.15, -0.1) is 11.6 Å². The van der Waals surface area contributed by atoms with Crippen LogP contribution in [-0.4, -0.2) is 18.0 Å². The van der Waals surface area contributed by atoms with Crippen LogP contribution in [0.5, 0.6) is 5.75 Å². The third-order valence-electron chi connectivity index (χ3n) is 2.41. The van der Waals surface area contributed by atoms with E-state index in [2.05, 4.69) is 4.98 Å². The molecule has 0 saturated heterocycles. The first kappa shape index (κ1) is 11.3. The number of fused-ring (bicyclic) bond motifs is 1. The van der Waals surface area contributed by atoms with Crippen molar-refractivity contribution in [3.63, 3.8) is 0 Å². The Labute approximate surface area is 99.4 Å². The highest BCUT2D eigenvalue weighted by Gasteiger charge is 2.06. The van der Waals surface area contributed by atoms with Gasteiger partial charge in [0.1, 0.15) is 11.3 Å². The Morgan fingerprint density at radius 2 is 2.25 bits per heavy atom. The summed E-state index contributed by atoms with van der Waals surface area (Å²) in [5, 5.41) is 0. The van der Waals surface area contributed by atoms with Crippen LogP contribution >= 0.6 is 11.6 Å². The topological polar surface area (TPSA) is 35.3 Å². The van der Waals surface area contributed by atoms with Crippen LogP contribution in [0.3, 0.4) is 0 Å². The lowest BCUT2D eigenvalue weighted by Gasteiger charge is -1.95. The molecule has 0 amide bonds. The minimum Gasteiger partial charge on any atom is -0.497 e. The fourth-order valence-electron chi connectivity index (χ4n) is 1.56. The molecule has 16 heavy (non-hydrogen) atoms. The molecule has 1 aromatic carbocycles. The second kappa shape index (κ2) is 5.21. The van der Waals surface area contributed by atoms with Gasteiger partial charge in [0.15, 0.2) is 11.5 Å². The molecule has 3 nitrogen and oxygen atoms in total. The molecule has 0 aliphatic heterocycles. The predicted molar refractivity (Wildman–Crippen MR) is 64.2 cm³/mol. The maximum atomic E-state index is 5.62. The van der Waals surface area contributed by atoms with Crippen molar-refractivity contribution < 1.29 is 9.15 Å². The summed E-state index contributed by atoms with van der Waals surface area (Å²) in [5.41, 5.74) is 1.65. The molecule has 2 aromatic rings. The maximum absolute atomic E-state index is 5.62. The molecule has 0 aliphatic carbocycles. The Morgan fingerprint density at radius 3 is 3.00 bits per heavy atom. The predicted octanol–water partition coefficient (Wildman–Crippen LogP) is 3.40. The van der Waals surface area contributed by atoms with Crippen molar-refractivity contribution in [1.29, 1.82) is 0 Å². The average Bonchev–Trinajstić information content (AvgIpc) is 2.70. The number of methoxy groups -OCH3 is 1. The van der Waals surface area contributed by atoms with Gasteiger partial charge < -0.3 is 9.15 Å². The summed E-state index contributed by atoms with van der Waals surface area (Å²) in [6, 6.07) is 5.63. The fourth-order valence-corrected chi connectivity index (χ4v) is 1.75. The number of oxazole rings is 1. The van der Waals surface area contributed by atoms with Crippen molar-refractivity contribution in [2.24, 2.45) is 0 Å². The highest BCUT2D eigenvalue weighted by atomic mass is 35.5. The minimum atomic E-state index is 0.689. The van der Waals surface area contributed by atoms with Crippen molar-refractivity contribution in [2.75, 3.05) is 13.0 Å². The number of ether oxygens (including phenoxy) is 1. The third-order valence-corrected chi connectivity index (χ3v) is 2.68. The molecule has 1 aromatic heterocycles. The van der Waals surface area contributed by atoms with Crippen molar-refractivity contribution in [3.8, 4) is 5.75 Å². The summed E-state index contributed by atoms with van der Waals surface area (Å²) in [6.07, 6.45) is 2.83. The van der Waals surface area contributed by atoms with Crippen LogP contribution in [-0.2, 0) is 6.42 Å². The van der Waals surface area contributed by atoms with Gasteiger partial charge in [-0.1, -0.05) is 0 Å². The number of rotatable bonds is 5. The zero-order valence-electron chi connectivity index (χ0n) is 9.20. The summed E-state index contributed by atoms with van der Waals surface area (Å²) in [6.45, 7) is 0. The van der Waals surface area contributed by atoms with Crippen molar-refractivity contribution >= 4 is 22.7 Å². The van der Waals surface area contributed by atoms with Crippen LogP contribution in [0.2, 0.25) is 0 Å². The van der Waals surface area contributed by atoms with E-state index in [0.717, 1.165) is 42.0 Å². The molecule has 0 unspecified atom stereocenters. The highest BCUT2D eigenvalue weighted by molar-refractivity contribution is 6.17. The number of nitrogens with zero attached hydrogens (tertiary/aromatic N) is 1. The van der Waals surface area contributed by atoms with Gasteiger partial charge >= 0.3 is 0 Å². The number of benzene rings is 1. The molecule has 1 heterocycles. The van der Waals surface area contributed by atoms with E-state index in [9.17, 15) is 0 Å². The van der Waals surface area contributed by atoms with Crippen molar-refractivity contribution in [1.82, 2.24) is 4.98 Å². The zero-order chi connectivity index (χ0) is 11.4. The molecule has 2 rings (SSSR count). The van der Waals surface area contributed by atoms with Gasteiger partial charge in [0.05, 0.1) is 7.11 Å². The van der Waals surface area contributed by atoms with Gasteiger partial charge in [-0.3, -0.25) is 0 Å². The van der Waals surface area contributed by atoms with Crippen LogP contribution in [0.25, 0.3) is 11.1 Å².